The summed E-state index contributed by atoms with van der Waals surface area (Å²) in [4.78, 5) is 0.902. The molecule has 2 fully saturated rings. The topological polar surface area (TPSA) is 92.7 Å². The second-order valence-corrected chi connectivity index (χ2v) is 12.1. The number of ether oxygens (including phenoxy) is 3. The van der Waals surface area contributed by atoms with Gasteiger partial charge in [0, 0.05) is 4.90 Å². The average Bonchev–Trinajstić information content (AvgIpc) is 2.97. The Bertz CT molecular complexity index is 1180. The number of aliphatic hydroxyl groups excluding tert-OH is 1. The van der Waals surface area contributed by atoms with E-state index in [1.165, 1.54) is 11.8 Å². The van der Waals surface area contributed by atoms with E-state index in [2.05, 4.69) is 0 Å². The first kappa shape index (κ1) is 28.5. The van der Waals surface area contributed by atoms with Gasteiger partial charge in [-0.1, -0.05) is 90.6 Å². The average molecular weight is 573 g/mol. The molecule has 0 aliphatic carbocycles. The highest BCUT2D eigenvalue weighted by molar-refractivity contribution is 7.99. The Morgan fingerprint density at radius 3 is 2.05 bits per heavy atom. The third-order valence-electron chi connectivity index (χ3n) is 6.33. The number of aliphatic hydroxyl groups is 1. The van der Waals surface area contributed by atoms with Crippen molar-refractivity contribution in [2.45, 2.75) is 54.4 Å². The monoisotopic (exact) mass is 572 g/mol. The Kier molecular flexibility index (Phi) is 10.3. The van der Waals surface area contributed by atoms with E-state index in [0.717, 1.165) is 16.0 Å². The maximum absolute atomic E-state index is 13.2. The van der Waals surface area contributed by atoms with Gasteiger partial charge in [0.1, 0.15) is 29.9 Å². The summed E-state index contributed by atoms with van der Waals surface area (Å²) in [7, 11) is -3.89. The third-order valence-corrected chi connectivity index (χ3v) is 8.98. The Morgan fingerprint density at radius 1 is 0.821 bits per heavy atom. The highest BCUT2D eigenvalue weighted by Crippen LogP contribution is 2.55. The van der Waals surface area contributed by atoms with Crippen LogP contribution in [0.5, 0.6) is 0 Å². The number of hydrogen-bond donors (Lipinski definition) is 1. The van der Waals surface area contributed by atoms with E-state index in [-0.39, 0.29) is 26.4 Å². The smallest absolute Gasteiger partial charge is 0.387 e. The molecule has 3 aromatic carbocycles. The Labute approximate surface area is 233 Å². The molecule has 8 nitrogen and oxygen atoms in total. The molecule has 10 heteroatoms. The Hall–Kier alpha value is -2.04. The first-order chi connectivity index (χ1) is 19.1. The summed E-state index contributed by atoms with van der Waals surface area (Å²) in [6.45, 7) is 1.31. The van der Waals surface area contributed by atoms with E-state index in [0.29, 0.717) is 13.0 Å². The number of phosphoric acid groups is 1. The maximum Gasteiger partial charge on any atom is 0.475 e. The quantitative estimate of drug-likeness (QED) is 0.295. The lowest BCUT2D eigenvalue weighted by Crippen LogP contribution is -2.59. The van der Waals surface area contributed by atoms with Crippen LogP contribution in [0, 0.1) is 0 Å². The summed E-state index contributed by atoms with van der Waals surface area (Å²) in [5, 5.41) is 11.7. The number of hydrogen-bond acceptors (Lipinski definition) is 9. The summed E-state index contributed by atoms with van der Waals surface area (Å²) in [6, 6.07) is 29.1. The minimum absolute atomic E-state index is 0.175. The van der Waals surface area contributed by atoms with Gasteiger partial charge < -0.3 is 19.3 Å². The highest BCUT2D eigenvalue weighted by Gasteiger charge is 2.50. The molecule has 5 rings (SSSR count). The summed E-state index contributed by atoms with van der Waals surface area (Å²) >= 11 is 1.36. The van der Waals surface area contributed by atoms with Gasteiger partial charge in [0.05, 0.1) is 33.0 Å². The number of benzene rings is 3. The molecule has 2 saturated heterocycles. The first-order valence-electron chi connectivity index (χ1n) is 13.0. The molecule has 1 N–H and O–H groups in total. The molecule has 3 aromatic rings. The van der Waals surface area contributed by atoms with E-state index in [1.807, 2.05) is 91.0 Å². The highest BCUT2D eigenvalue weighted by atomic mass is 32.2. The Morgan fingerprint density at radius 2 is 1.41 bits per heavy atom. The van der Waals surface area contributed by atoms with Gasteiger partial charge in [-0.15, -0.1) is 0 Å². The van der Waals surface area contributed by atoms with Crippen molar-refractivity contribution in [3.63, 3.8) is 0 Å². The van der Waals surface area contributed by atoms with Crippen LogP contribution in [-0.4, -0.2) is 54.8 Å². The van der Waals surface area contributed by atoms with Crippen LogP contribution < -0.4 is 0 Å². The van der Waals surface area contributed by atoms with Gasteiger partial charge in [-0.2, -0.15) is 0 Å². The third kappa shape index (κ3) is 8.01. The molecule has 2 aliphatic rings. The van der Waals surface area contributed by atoms with E-state index in [1.54, 1.807) is 0 Å². The zero-order valence-corrected chi connectivity index (χ0v) is 23.2. The van der Waals surface area contributed by atoms with E-state index in [9.17, 15) is 9.67 Å². The largest absolute Gasteiger partial charge is 0.475 e. The van der Waals surface area contributed by atoms with Gasteiger partial charge in [0.25, 0.3) is 0 Å². The summed E-state index contributed by atoms with van der Waals surface area (Å²) < 4.78 is 48.7. The minimum atomic E-state index is -3.89. The summed E-state index contributed by atoms with van der Waals surface area (Å²) in [5.74, 6) is 0. The van der Waals surface area contributed by atoms with Crippen LogP contribution in [0.3, 0.4) is 0 Å². The molecule has 2 aliphatic heterocycles. The van der Waals surface area contributed by atoms with Crippen LogP contribution >= 0.6 is 19.6 Å². The van der Waals surface area contributed by atoms with Crippen molar-refractivity contribution in [2.75, 3.05) is 19.8 Å². The van der Waals surface area contributed by atoms with Gasteiger partial charge in [-0.25, -0.2) is 4.57 Å². The predicted octanol–water partition coefficient (Wildman–Crippen LogP) is 5.60. The van der Waals surface area contributed by atoms with E-state index in [4.69, 9.17) is 27.8 Å². The van der Waals surface area contributed by atoms with Crippen molar-refractivity contribution in [2.24, 2.45) is 0 Å². The zero-order chi connectivity index (χ0) is 26.9. The van der Waals surface area contributed by atoms with Crippen molar-refractivity contribution in [3.05, 3.63) is 102 Å². The number of rotatable bonds is 11. The molecule has 0 aromatic heterocycles. The lowest BCUT2D eigenvalue weighted by atomic mass is 10.00. The fourth-order valence-electron chi connectivity index (χ4n) is 4.37. The van der Waals surface area contributed by atoms with Crippen LogP contribution in [0.1, 0.15) is 17.5 Å². The van der Waals surface area contributed by atoms with Crippen LogP contribution in [0.4, 0.5) is 0 Å². The van der Waals surface area contributed by atoms with Crippen LogP contribution in [-0.2, 0) is 45.6 Å². The Balaban J connectivity index is 1.37. The maximum atomic E-state index is 13.2. The number of phosphoric ester groups is 1. The predicted molar refractivity (Wildman–Crippen MR) is 147 cm³/mol. The molecule has 5 atom stereocenters. The SMILES string of the molecule is O=P1(OC2C(Sc3ccccc3)OC(COCc3ccccc3)C(OCc3ccccc3)C2O)OCCCO1. The number of thioether (sulfide) groups is 1. The van der Waals surface area contributed by atoms with Crippen molar-refractivity contribution in [3.8, 4) is 0 Å². The molecule has 0 spiro atoms. The molecular formula is C29H33O8PS. The fourth-order valence-corrected chi connectivity index (χ4v) is 7.02. The van der Waals surface area contributed by atoms with Gasteiger partial charge in [0.2, 0.25) is 0 Å². The lowest BCUT2D eigenvalue weighted by Gasteiger charge is -2.44. The molecule has 2 heterocycles. The van der Waals surface area contributed by atoms with E-state index < -0.39 is 37.7 Å². The zero-order valence-electron chi connectivity index (χ0n) is 21.5. The van der Waals surface area contributed by atoms with E-state index >= 15 is 0 Å². The van der Waals surface area contributed by atoms with Crippen molar-refractivity contribution < 1.29 is 37.5 Å². The molecule has 0 amide bonds. The normalized spacial score (nSPS) is 26.7. The van der Waals surface area contributed by atoms with Gasteiger partial charge in [-0.05, 0) is 29.7 Å². The molecule has 208 valence electrons. The first-order valence-corrected chi connectivity index (χ1v) is 15.3. The van der Waals surface area contributed by atoms with Crippen LogP contribution in [0.2, 0.25) is 0 Å². The molecule has 0 radical (unpaired) electrons. The second kappa shape index (κ2) is 14.0. The fraction of sp³-hybridized carbons (Fsp3) is 0.379. The van der Waals surface area contributed by atoms with Crippen LogP contribution in [0.25, 0.3) is 0 Å². The van der Waals surface area contributed by atoms with Gasteiger partial charge >= 0.3 is 7.82 Å². The minimum Gasteiger partial charge on any atom is -0.387 e. The summed E-state index contributed by atoms with van der Waals surface area (Å²) in [6.07, 6.45) is -3.08. The van der Waals surface area contributed by atoms with Crippen molar-refractivity contribution in [1.82, 2.24) is 0 Å². The van der Waals surface area contributed by atoms with Crippen molar-refractivity contribution >= 4 is 19.6 Å². The van der Waals surface area contributed by atoms with Gasteiger partial charge in [0.15, 0.2) is 0 Å². The standard InChI is InChI=1S/C29H33O8PS/c30-26-27(33-20-23-13-6-2-7-14-23)25(21-32-19-22-11-4-1-5-12-22)36-29(39-24-15-8-3-9-16-24)28(26)37-38(31)34-17-10-18-35-38/h1-9,11-16,25-30H,10,17-21H2. The van der Waals surface area contributed by atoms with Gasteiger partial charge in [-0.3, -0.25) is 13.6 Å². The molecule has 39 heavy (non-hydrogen) atoms. The molecule has 0 bridgehead atoms. The second-order valence-electron chi connectivity index (χ2n) is 9.26. The summed E-state index contributed by atoms with van der Waals surface area (Å²) in [5.41, 5.74) is 1.24. The van der Waals surface area contributed by atoms with Crippen molar-refractivity contribution in [1.29, 1.82) is 0 Å². The molecular weight excluding hydrogens is 539 g/mol. The van der Waals surface area contributed by atoms with Crippen LogP contribution in [0.15, 0.2) is 95.9 Å². The molecule has 5 unspecified atom stereocenters. The molecule has 0 saturated carbocycles. The lowest BCUT2D eigenvalue weighted by molar-refractivity contribution is -0.226.